The van der Waals surface area contributed by atoms with E-state index in [2.05, 4.69) is 43.7 Å². The maximum Gasteiger partial charge on any atom is 0.513 e. The SMILES string of the molecule is [C-]#[N+]C1([N+]#[C-])CC=CCC2=C1c1ccccc1CC2.[C-]#[N+]C1([N+]#[C-])CC=CCC2COCC=C21. The molecule has 0 saturated heterocycles. The summed E-state index contributed by atoms with van der Waals surface area (Å²) in [5.74, 6) is 0.223. The summed E-state index contributed by atoms with van der Waals surface area (Å²) in [5, 5.41) is 0. The Bertz CT molecular complexity index is 1220. The second kappa shape index (κ2) is 9.93. The summed E-state index contributed by atoms with van der Waals surface area (Å²) in [6, 6.07) is 8.23. The number of nitrogens with zero attached hydrogens (tertiary/aromatic N) is 4. The second-order valence-electron chi connectivity index (χ2n) is 8.90. The van der Waals surface area contributed by atoms with Gasteiger partial charge in [0, 0.05) is 5.92 Å². The first kappa shape index (κ1) is 23.3. The third kappa shape index (κ3) is 4.08. The van der Waals surface area contributed by atoms with Crippen molar-refractivity contribution < 1.29 is 4.74 Å². The molecule has 5 heteroatoms. The summed E-state index contributed by atoms with van der Waals surface area (Å²) in [4.78, 5) is 14.6. The molecule has 0 radical (unpaired) electrons. The number of aryl methyl sites for hydroxylation is 1. The first-order chi connectivity index (χ1) is 16.6. The van der Waals surface area contributed by atoms with Crippen LogP contribution in [0.25, 0.3) is 25.0 Å². The monoisotopic (exact) mass is 446 g/mol. The number of hydrogen-bond donors (Lipinski definition) is 0. The predicted molar refractivity (Wildman–Crippen MR) is 133 cm³/mol. The lowest BCUT2D eigenvalue weighted by atomic mass is 9.79. The molecule has 0 saturated carbocycles. The van der Waals surface area contributed by atoms with Gasteiger partial charge in [-0.15, -0.1) is 0 Å². The Labute approximate surface area is 202 Å². The standard InChI is InChI=1S/C17H14N2.C12H12N2O/c1-18-17(19-2)12-6-5-8-14-11-10-13-7-3-4-9-15(13)16(14)17;1-13-12(14-2)7-4-3-5-10-9-15-8-6-11(10)12/h3-7,9H,8,10-12H2;3-4,6,10H,5,7-9H2. The molecule has 0 amide bonds. The van der Waals surface area contributed by atoms with Crippen molar-refractivity contribution in [1.29, 1.82) is 0 Å². The van der Waals surface area contributed by atoms with Gasteiger partial charge < -0.3 is 4.74 Å². The smallest absolute Gasteiger partial charge is 0.377 e. The Balaban J connectivity index is 0.000000166. The summed E-state index contributed by atoms with van der Waals surface area (Å²) < 4.78 is 5.36. The van der Waals surface area contributed by atoms with E-state index in [4.69, 9.17) is 31.0 Å². The van der Waals surface area contributed by atoms with Crippen LogP contribution < -0.4 is 0 Å². The quantitative estimate of drug-likeness (QED) is 0.321. The van der Waals surface area contributed by atoms with E-state index in [1.165, 1.54) is 11.1 Å². The van der Waals surface area contributed by atoms with E-state index in [0.717, 1.165) is 42.4 Å². The fraction of sp³-hybridized carbons (Fsp3) is 0.379. The Morgan fingerprint density at radius 2 is 1.53 bits per heavy atom. The van der Waals surface area contributed by atoms with E-state index in [0.29, 0.717) is 26.1 Å². The van der Waals surface area contributed by atoms with Gasteiger partial charge in [0.05, 0.1) is 13.2 Å². The van der Waals surface area contributed by atoms with E-state index in [1.54, 1.807) is 0 Å². The summed E-state index contributed by atoms with van der Waals surface area (Å²) in [7, 11) is 0. The zero-order chi connectivity index (χ0) is 24.0. The minimum atomic E-state index is -1.04. The largest absolute Gasteiger partial charge is 0.513 e. The van der Waals surface area contributed by atoms with Crippen LogP contribution in [0.2, 0.25) is 0 Å². The van der Waals surface area contributed by atoms with Crippen LogP contribution in [-0.4, -0.2) is 24.5 Å². The molecule has 0 fully saturated rings. The molecule has 1 atom stereocenters. The van der Waals surface area contributed by atoms with Crippen LogP contribution in [0.1, 0.15) is 43.2 Å². The highest BCUT2D eigenvalue weighted by molar-refractivity contribution is 5.82. The lowest BCUT2D eigenvalue weighted by molar-refractivity contribution is 0.117. The molecule has 1 unspecified atom stereocenters. The molecule has 5 nitrogen and oxygen atoms in total. The van der Waals surface area contributed by atoms with Crippen LogP contribution in [0, 0.1) is 32.2 Å². The van der Waals surface area contributed by atoms with E-state index in [1.807, 2.05) is 30.4 Å². The highest BCUT2D eigenvalue weighted by Gasteiger charge is 2.52. The zero-order valence-electron chi connectivity index (χ0n) is 19.1. The van der Waals surface area contributed by atoms with E-state index < -0.39 is 11.3 Å². The van der Waals surface area contributed by atoms with Gasteiger partial charge in [-0.05, 0) is 48.5 Å². The Kier molecular flexibility index (Phi) is 6.80. The first-order valence-corrected chi connectivity index (χ1v) is 11.6. The minimum Gasteiger partial charge on any atom is -0.377 e. The lowest BCUT2D eigenvalue weighted by Crippen LogP contribution is -2.31. The average Bonchev–Trinajstić information content (AvgIpc) is 3.21. The van der Waals surface area contributed by atoms with Crippen LogP contribution >= 0.6 is 0 Å². The van der Waals surface area contributed by atoms with Crippen molar-refractivity contribution in [3.8, 4) is 0 Å². The van der Waals surface area contributed by atoms with Crippen molar-refractivity contribution in [3.63, 3.8) is 0 Å². The fourth-order valence-corrected chi connectivity index (χ4v) is 5.26. The molecule has 1 aliphatic heterocycles. The van der Waals surface area contributed by atoms with Crippen LogP contribution in [0.4, 0.5) is 0 Å². The highest BCUT2D eigenvalue weighted by atomic mass is 16.5. The van der Waals surface area contributed by atoms with Gasteiger partial charge in [0.1, 0.15) is 24.0 Å². The van der Waals surface area contributed by atoms with Crippen molar-refractivity contribution in [3.05, 3.63) is 123 Å². The molecule has 1 aromatic carbocycles. The molecule has 3 aliphatic carbocycles. The van der Waals surface area contributed by atoms with Gasteiger partial charge in [0.2, 0.25) is 0 Å². The van der Waals surface area contributed by atoms with Gasteiger partial charge in [0.15, 0.2) is 0 Å². The first-order valence-electron chi connectivity index (χ1n) is 11.6. The van der Waals surface area contributed by atoms with E-state index >= 15 is 0 Å². The van der Waals surface area contributed by atoms with Crippen molar-refractivity contribution in [2.24, 2.45) is 5.92 Å². The molecule has 4 aliphatic rings. The summed E-state index contributed by atoms with van der Waals surface area (Å²) in [5.41, 5.74) is 3.62. The molecule has 0 N–H and O–H groups in total. The Hall–Kier alpha value is -3.90. The van der Waals surface area contributed by atoms with Crippen LogP contribution in [0.15, 0.2) is 65.8 Å². The van der Waals surface area contributed by atoms with Crippen molar-refractivity contribution in [2.45, 2.75) is 49.9 Å². The molecule has 1 heterocycles. The number of benzene rings is 1. The van der Waals surface area contributed by atoms with Crippen LogP contribution in [-0.2, 0) is 11.2 Å². The topological polar surface area (TPSA) is 26.7 Å². The summed E-state index contributed by atoms with van der Waals surface area (Å²) in [6.45, 7) is 30.8. The summed E-state index contributed by atoms with van der Waals surface area (Å²) in [6.07, 6.45) is 14.8. The summed E-state index contributed by atoms with van der Waals surface area (Å²) >= 11 is 0. The predicted octanol–water partition coefficient (Wildman–Crippen LogP) is 6.72. The number of hydrogen-bond acceptors (Lipinski definition) is 1. The Morgan fingerprint density at radius 1 is 0.824 bits per heavy atom. The van der Waals surface area contributed by atoms with Crippen molar-refractivity contribution >= 4 is 5.57 Å². The average molecular weight is 447 g/mol. The molecule has 1 aromatic rings. The Morgan fingerprint density at radius 3 is 2.29 bits per heavy atom. The van der Waals surface area contributed by atoms with Gasteiger partial charge in [-0.2, -0.15) is 0 Å². The lowest BCUT2D eigenvalue weighted by Gasteiger charge is -2.23. The van der Waals surface area contributed by atoms with Gasteiger partial charge in [-0.3, -0.25) is 0 Å². The molecule has 168 valence electrons. The zero-order valence-corrected chi connectivity index (χ0v) is 19.1. The van der Waals surface area contributed by atoms with Gasteiger partial charge in [-0.1, -0.05) is 48.6 Å². The highest BCUT2D eigenvalue weighted by Crippen LogP contribution is 2.45. The molecule has 0 spiro atoms. The molecule has 0 aromatic heterocycles. The van der Waals surface area contributed by atoms with E-state index in [-0.39, 0.29) is 5.92 Å². The fourth-order valence-electron chi connectivity index (χ4n) is 5.26. The third-order valence-electron chi connectivity index (χ3n) is 7.04. The number of allylic oxidation sites excluding steroid dienone is 3. The second-order valence-corrected chi connectivity index (χ2v) is 8.90. The number of fused-ring (bicyclic) bond motifs is 3. The third-order valence-corrected chi connectivity index (χ3v) is 7.04. The molecular weight excluding hydrogens is 420 g/mol. The normalized spacial score (nSPS) is 23.3. The van der Waals surface area contributed by atoms with E-state index in [9.17, 15) is 0 Å². The maximum absolute atomic E-state index is 7.55. The van der Waals surface area contributed by atoms with Gasteiger partial charge in [0.25, 0.3) is 0 Å². The van der Waals surface area contributed by atoms with Crippen LogP contribution in [0.5, 0.6) is 0 Å². The molecule has 5 rings (SSSR count). The molecule has 34 heavy (non-hydrogen) atoms. The minimum absolute atomic E-state index is 0.223. The van der Waals surface area contributed by atoms with Gasteiger partial charge in [-0.25, -0.2) is 45.7 Å². The van der Waals surface area contributed by atoms with Gasteiger partial charge >= 0.3 is 11.3 Å². The van der Waals surface area contributed by atoms with Crippen LogP contribution in [0.3, 0.4) is 0 Å². The van der Waals surface area contributed by atoms with Crippen molar-refractivity contribution in [2.75, 3.05) is 13.2 Å². The molecule has 0 bridgehead atoms. The van der Waals surface area contributed by atoms with Crippen molar-refractivity contribution in [1.82, 2.24) is 0 Å². The number of ether oxygens (including phenoxy) is 1. The number of rotatable bonds is 0. The maximum atomic E-state index is 7.55. The molecular formula is C29H26N4O.